The molecule has 3 N–H and O–H groups in total. The first-order chi connectivity index (χ1) is 13.5. The van der Waals surface area contributed by atoms with Crippen molar-refractivity contribution in [3.05, 3.63) is 56.2 Å². The predicted octanol–water partition coefficient (Wildman–Crippen LogP) is 1.13. The topological polar surface area (TPSA) is 110 Å². The Labute approximate surface area is 161 Å². The number of ether oxygens (including phenoxy) is 1. The highest BCUT2D eigenvalue weighted by atomic mass is 16.5. The van der Waals surface area contributed by atoms with Crippen molar-refractivity contribution in [2.24, 2.45) is 0 Å². The lowest BCUT2D eigenvalue weighted by molar-refractivity contribution is 0.0943. The van der Waals surface area contributed by atoms with Gasteiger partial charge in [0, 0.05) is 18.5 Å². The molecule has 1 atom stereocenters. The molecule has 2 aromatic rings. The molecule has 2 heterocycles. The van der Waals surface area contributed by atoms with Gasteiger partial charge >= 0.3 is 5.69 Å². The molecule has 0 radical (unpaired) electrons. The molecule has 4 rings (SSSR count). The number of nitrogen functional groups attached to an aromatic ring is 1. The number of hydrogen-bond acceptors (Lipinski definition) is 6. The van der Waals surface area contributed by atoms with E-state index in [4.69, 9.17) is 10.5 Å². The highest BCUT2D eigenvalue weighted by Crippen LogP contribution is 2.36. The van der Waals surface area contributed by atoms with Gasteiger partial charge in [0.2, 0.25) is 0 Å². The molecule has 0 bridgehead atoms. The number of benzene rings is 1. The third-order valence-corrected chi connectivity index (χ3v) is 5.59. The van der Waals surface area contributed by atoms with Crippen molar-refractivity contribution in [3.63, 3.8) is 0 Å². The Morgan fingerprint density at radius 3 is 2.71 bits per heavy atom. The number of nitrogens with two attached hydrogens (primary N) is 1. The van der Waals surface area contributed by atoms with Crippen LogP contribution in [0.4, 0.5) is 5.82 Å². The first-order valence-electron chi connectivity index (χ1n) is 9.52. The standard InChI is InChI=1S/C20H24N4O4/c1-28-16-5-3-2-4-14(16)12-8-9-23(10-12)11-15(25)17-18(21)24(13-6-7-13)20(27)22-19(17)26/h2-5,12-13H,6-11,21H2,1H3,(H,22,26,27). The molecular formula is C20H24N4O4. The second kappa shape index (κ2) is 7.27. The third-order valence-electron chi connectivity index (χ3n) is 5.59. The zero-order chi connectivity index (χ0) is 19.8. The fourth-order valence-corrected chi connectivity index (χ4v) is 4.05. The second-order valence-corrected chi connectivity index (χ2v) is 7.51. The number of carbonyl (C=O) groups excluding carboxylic acids is 1. The van der Waals surface area contributed by atoms with E-state index in [9.17, 15) is 14.4 Å². The Morgan fingerprint density at radius 1 is 1.25 bits per heavy atom. The van der Waals surface area contributed by atoms with E-state index in [0.717, 1.165) is 37.1 Å². The molecule has 2 fully saturated rings. The summed E-state index contributed by atoms with van der Waals surface area (Å²) in [5.41, 5.74) is 5.82. The van der Waals surface area contributed by atoms with Gasteiger partial charge in [0.15, 0.2) is 5.78 Å². The van der Waals surface area contributed by atoms with Gasteiger partial charge in [-0.1, -0.05) is 18.2 Å². The number of methoxy groups -OCH3 is 1. The number of para-hydroxylation sites is 1. The summed E-state index contributed by atoms with van der Waals surface area (Å²) in [4.78, 5) is 41.3. The molecule has 1 aliphatic carbocycles. The zero-order valence-electron chi connectivity index (χ0n) is 15.8. The van der Waals surface area contributed by atoms with Crippen LogP contribution in [0.3, 0.4) is 0 Å². The Kier molecular flexibility index (Phi) is 4.80. The number of hydrogen-bond donors (Lipinski definition) is 2. The maximum Gasteiger partial charge on any atom is 0.330 e. The third kappa shape index (κ3) is 3.35. The smallest absolute Gasteiger partial charge is 0.330 e. The Balaban J connectivity index is 1.52. The highest BCUT2D eigenvalue weighted by Gasteiger charge is 2.32. The molecule has 1 saturated heterocycles. The molecule has 2 aliphatic rings. The largest absolute Gasteiger partial charge is 0.496 e. The summed E-state index contributed by atoms with van der Waals surface area (Å²) >= 11 is 0. The van der Waals surface area contributed by atoms with Crippen LogP contribution in [0.5, 0.6) is 5.75 Å². The molecule has 1 unspecified atom stereocenters. The summed E-state index contributed by atoms with van der Waals surface area (Å²) in [6.45, 7) is 1.54. The molecule has 1 aromatic heterocycles. The SMILES string of the molecule is COc1ccccc1C1CCN(CC(=O)c2c(N)n(C3CC3)c(=O)[nH]c2=O)C1. The van der Waals surface area contributed by atoms with E-state index in [1.807, 2.05) is 29.2 Å². The van der Waals surface area contributed by atoms with Gasteiger partial charge in [-0.2, -0.15) is 0 Å². The Bertz CT molecular complexity index is 1020. The number of nitrogens with one attached hydrogen (secondary N) is 1. The van der Waals surface area contributed by atoms with Gasteiger partial charge in [0.05, 0.1) is 13.7 Å². The number of H-pyrrole nitrogens is 1. The van der Waals surface area contributed by atoms with E-state index in [1.54, 1.807) is 7.11 Å². The zero-order valence-corrected chi connectivity index (χ0v) is 15.8. The monoisotopic (exact) mass is 384 g/mol. The molecular weight excluding hydrogens is 360 g/mol. The second-order valence-electron chi connectivity index (χ2n) is 7.51. The lowest BCUT2D eigenvalue weighted by atomic mass is 9.97. The van der Waals surface area contributed by atoms with Gasteiger partial charge in [0.1, 0.15) is 17.1 Å². The minimum absolute atomic E-state index is 0.0123. The number of anilines is 1. The molecule has 28 heavy (non-hydrogen) atoms. The van der Waals surface area contributed by atoms with Crippen LogP contribution >= 0.6 is 0 Å². The highest BCUT2D eigenvalue weighted by molar-refractivity contribution is 6.01. The Morgan fingerprint density at radius 2 is 2.00 bits per heavy atom. The van der Waals surface area contributed by atoms with Gasteiger partial charge in [0.25, 0.3) is 5.56 Å². The van der Waals surface area contributed by atoms with Crippen molar-refractivity contribution >= 4 is 11.6 Å². The van der Waals surface area contributed by atoms with E-state index in [0.29, 0.717) is 6.54 Å². The number of carbonyl (C=O) groups is 1. The number of ketones is 1. The number of rotatable bonds is 6. The molecule has 8 nitrogen and oxygen atoms in total. The first-order valence-corrected chi connectivity index (χ1v) is 9.52. The van der Waals surface area contributed by atoms with Crippen LogP contribution in [0, 0.1) is 0 Å². The number of nitrogens with zero attached hydrogens (tertiary/aromatic N) is 2. The summed E-state index contributed by atoms with van der Waals surface area (Å²) in [6, 6.07) is 7.88. The summed E-state index contributed by atoms with van der Waals surface area (Å²) < 4.78 is 6.79. The molecule has 148 valence electrons. The summed E-state index contributed by atoms with van der Waals surface area (Å²) in [6.07, 6.45) is 2.56. The maximum atomic E-state index is 12.8. The van der Waals surface area contributed by atoms with Crippen LogP contribution in [-0.2, 0) is 0 Å². The van der Waals surface area contributed by atoms with Crippen LogP contribution in [-0.4, -0.2) is 47.0 Å². The van der Waals surface area contributed by atoms with Crippen molar-refractivity contribution in [1.29, 1.82) is 0 Å². The quantitative estimate of drug-likeness (QED) is 0.723. The van der Waals surface area contributed by atoms with Crippen molar-refractivity contribution in [2.45, 2.75) is 31.2 Å². The molecule has 0 spiro atoms. The van der Waals surface area contributed by atoms with E-state index in [-0.39, 0.29) is 35.7 Å². The van der Waals surface area contributed by atoms with Gasteiger partial charge in [-0.15, -0.1) is 0 Å². The van der Waals surface area contributed by atoms with Crippen LogP contribution in [0.2, 0.25) is 0 Å². The van der Waals surface area contributed by atoms with Gasteiger partial charge < -0.3 is 10.5 Å². The van der Waals surface area contributed by atoms with Crippen molar-refractivity contribution < 1.29 is 9.53 Å². The van der Waals surface area contributed by atoms with Crippen LogP contribution < -0.4 is 21.7 Å². The van der Waals surface area contributed by atoms with E-state index in [1.165, 1.54) is 4.57 Å². The van der Waals surface area contributed by atoms with E-state index < -0.39 is 11.2 Å². The van der Waals surface area contributed by atoms with E-state index >= 15 is 0 Å². The Hall–Kier alpha value is -2.87. The predicted molar refractivity (Wildman–Crippen MR) is 105 cm³/mol. The fraction of sp³-hybridized carbons (Fsp3) is 0.450. The van der Waals surface area contributed by atoms with Gasteiger partial charge in [-0.3, -0.25) is 24.0 Å². The number of aromatic nitrogens is 2. The van der Waals surface area contributed by atoms with Gasteiger partial charge in [-0.05, 0) is 37.4 Å². The summed E-state index contributed by atoms with van der Waals surface area (Å²) in [5, 5.41) is 0. The summed E-state index contributed by atoms with van der Waals surface area (Å²) in [5.74, 6) is 0.744. The number of Topliss-reactive ketones (excluding diaryl/α,β-unsaturated/α-hetero) is 1. The van der Waals surface area contributed by atoms with Crippen molar-refractivity contribution in [3.8, 4) is 5.75 Å². The number of aromatic amines is 1. The fourth-order valence-electron chi connectivity index (χ4n) is 4.05. The van der Waals surface area contributed by atoms with Crippen molar-refractivity contribution in [1.82, 2.24) is 14.5 Å². The normalized spacial score (nSPS) is 19.7. The number of likely N-dealkylation sites (tertiary alicyclic amines) is 1. The molecule has 1 aromatic carbocycles. The van der Waals surface area contributed by atoms with E-state index in [2.05, 4.69) is 4.98 Å². The average Bonchev–Trinajstić information content (AvgIpc) is 3.39. The first kappa shape index (κ1) is 18.5. The molecule has 1 saturated carbocycles. The van der Waals surface area contributed by atoms with Crippen LogP contribution in [0.25, 0.3) is 0 Å². The molecule has 8 heteroatoms. The van der Waals surface area contributed by atoms with Crippen LogP contribution in [0.1, 0.15) is 47.1 Å². The minimum atomic E-state index is -0.704. The van der Waals surface area contributed by atoms with Crippen LogP contribution in [0.15, 0.2) is 33.9 Å². The van der Waals surface area contributed by atoms with Gasteiger partial charge in [-0.25, -0.2) is 4.79 Å². The molecule has 1 aliphatic heterocycles. The lowest BCUT2D eigenvalue weighted by Gasteiger charge is -2.18. The molecule has 0 amide bonds. The minimum Gasteiger partial charge on any atom is -0.496 e. The maximum absolute atomic E-state index is 12.8. The summed E-state index contributed by atoms with van der Waals surface area (Å²) in [7, 11) is 1.65. The average molecular weight is 384 g/mol. The lowest BCUT2D eigenvalue weighted by Crippen LogP contribution is -2.38. The van der Waals surface area contributed by atoms with Crippen molar-refractivity contribution in [2.75, 3.05) is 32.5 Å².